The lowest BCUT2D eigenvalue weighted by molar-refractivity contribution is -0.105. The van der Waals surface area contributed by atoms with Gasteiger partial charge in [0, 0.05) is 18.3 Å². The number of halogens is 3. The molecule has 0 saturated carbocycles. The Morgan fingerprint density at radius 2 is 2.33 bits per heavy atom. The highest BCUT2D eigenvalue weighted by molar-refractivity contribution is 7.99. The molecule has 0 saturated heterocycles. The van der Waals surface area contributed by atoms with Crippen molar-refractivity contribution < 1.29 is 13.2 Å². The van der Waals surface area contributed by atoms with Gasteiger partial charge in [-0.3, -0.25) is 4.99 Å². The number of guanidine groups is 1. The molecule has 2 N–H and O–H groups in total. The highest BCUT2D eigenvalue weighted by atomic mass is 32.2. The van der Waals surface area contributed by atoms with Gasteiger partial charge in [-0.15, -0.1) is 0 Å². The summed E-state index contributed by atoms with van der Waals surface area (Å²) in [5.41, 5.74) is 0. The smallest absolute Gasteiger partial charge is 0.356 e. The number of hydrogen-bond acceptors (Lipinski definition) is 4. The van der Waals surface area contributed by atoms with Crippen LogP contribution in [0.3, 0.4) is 0 Å². The Balaban J connectivity index is 1.98. The summed E-state index contributed by atoms with van der Waals surface area (Å²) in [5, 5.41) is 6.02. The molecule has 15 heavy (non-hydrogen) atoms. The number of thioether (sulfide) groups is 1. The van der Waals surface area contributed by atoms with Crippen LogP contribution in [0.2, 0.25) is 0 Å². The van der Waals surface area contributed by atoms with Gasteiger partial charge in [-0.1, -0.05) is 0 Å². The minimum Gasteiger partial charge on any atom is -0.356 e. The van der Waals surface area contributed by atoms with Crippen molar-refractivity contribution in [3.05, 3.63) is 0 Å². The van der Waals surface area contributed by atoms with Crippen LogP contribution in [0.1, 0.15) is 6.92 Å². The Morgan fingerprint density at radius 1 is 1.60 bits per heavy atom. The average Bonchev–Trinajstić information content (AvgIpc) is 2.49. The third-order valence-electron chi connectivity index (χ3n) is 1.71. The maximum atomic E-state index is 11.8. The molecule has 7 heteroatoms. The van der Waals surface area contributed by atoms with Crippen molar-refractivity contribution >= 4 is 17.7 Å². The molecule has 3 nitrogen and oxygen atoms in total. The van der Waals surface area contributed by atoms with E-state index in [9.17, 15) is 13.2 Å². The Hall–Kier alpha value is -0.590. The maximum Gasteiger partial charge on any atom is 0.397 e. The van der Waals surface area contributed by atoms with E-state index in [4.69, 9.17) is 0 Å². The molecular formula is C8H14F3N3S. The minimum atomic E-state index is -4.07. The predicted molar refractivity (Wildman–Crippen MR) is 56.3 cm³/mol. The number of hydrogen-bond donors (Lipinski definition) is 2. The highest BCUT2D eigenvalue weighted by Crippen LogP contribution is 2.20. The summed E-state index contributed by atoms with van der Waals surface area (Å²) in [5.74, 6) is 0.328. The minimum absolute atomic E-state index is 0.315. The van der Waals surface area contributed by atoms with E-state index in [1.807, 2.05) is 6.92 Å². The van der Waals surface area contributed by atoms with Gasteiger partial charge in [0.2, 0.25) is 0 Å². The molecule has 1 unspecified atom stereocenters. The highest BCUT2D eigenvalue weighted by Gasteiger charge is 2.26. The van der Waals surface area contributed by atoms with E-state index in [0.29, 0.717) is 24.3 Å². The summed E-state index contributed by atoms with van der Waals surface area (Å²) in [7, 11) is 0. The lowest BCUT2D eigenvalue weighted by atomic mass is 10.4. The Labute approximate surface area is 90.9 Å². The van der Waals surface area contributed by atoms with Gasteiger partial charge in [0.05, 0.1) is 12.3 Å². The van der Waals surface area contributed by atoms with Crippen molar-refractivity contribution in [2.45, 2.75) is 19.1 Å². The van der Waals surface area contributed by atoms with Crippen LogP contribution in [0.15, 0.2) is 4.99 Å². The van der Waals surface area contributed by atoms with E-state index < -0.39 is 11.9 Å². The fourth-order valence-electron chi connectivity index (χ4n) is 1.09. The van der Waals surface area contributed by atoms with Crippen LogP contribution in [-0.4, -0.2) is 42.8 Å². The second-order valence-electron chi connectivity index (χ2n) is 3.33. The average molecular weight is 241 g/mol. The molecule has 1 rings (SSSR count). The molecule has 0 aromatic heterocycles. The zero-order valence-electron chi connectivity index (χ0n) is 8.40. The summed E-state index contributed by atoms with van der Waals surface area (Å²) >= 11 is 0.874. The van der Waals surface area contributed by atoms with Gasteiger partial charge in [-0.2, -0.15) is 24.9 Å². The summed E-state index contributed by atoms with van der Waals surface area (Å²) in [6, 6.07) is 0.315. The molecule has 1 heterocycles. The zero-order valence-corrected chi connectivity index (χ0v) is 9.21. The predicted octanol–water partition coefficient (Wildman–Crippen LogP) is 1.22. The molecule has 1 aliphatic rings. The van der Waals surface area contributed by atoms with E-state index in [1.54, 1.807) is 0 Å². The SMILES string of the molecule is CC1CN=C(NCCSCC(F)(F)F)N1. The molecule has 0 spiro atoms. The van der Waals surface area contributed by atoms with Crippen LogP contribution in [0.25, 0.3) is 0 Å². The van der Waals surface area contributed by atoms with E-state index in [2.05, 4.69) is 15.6 Å². The number of rotatable bonds is 4. The van der Waals surface area contributed by atoms with Crippen molar-refractivity contribution in [1.82, 2.24) is 10.6 Å². The Kier molecular flexibility index (Phi) is 4.56. The maximum absolute atomic E-state index is 11.8. The number of alkyl halides is 3. The normalized spacial score (nSPS) is 21.1. The monoisotopic (exact) mass is 241 g/mol. The Bertz CT molecular complexity index is 230. The first-order valence-corrected chi connectivity index (χ1v) is 5.82. The largest absolute Gasteiger partial charge is 0.397 e. The van der Waals surface area contributed by atoms with Gasteiger partial charge >= 0.3 is 6.18 Å². The Morgan fingerprint density at radius 3 is 2.87 bits per heavy atom. The van der Waals surface area contributed by atoms with E-state index in [-0.39, 0.29) is 0 Å². The molecule has 0 aromatic rings. The molecular weight excluding hydrogens is 227 g/mol. The first-order chi connectivity index (χ1) is 6.97. The van der Waals surface area contributed by atoms with Crippen LogP contribution in [-0.2, 0) is 0 Å². The molecule has 0 fully saturated rings. The van der Waals surface area contributed by atoms with Gasteiger partial charge in [0.25, 0.3) is 0 Å². The molecule has 1 atom stereocenters. The first-order valence-electron chi connectivity index (χ1n) is 4.67. The molecule has 0 bridgehead atoms. The van der Waals surface area contributed by atoms with Crippen LogP contribution < -0.4 is 10.6 Å². The fraction of sp³-hybridized carbons (Fsp3) is 0.875. The van der Waals surface area contributed by atoms with Gasteiger partial charge in [-0.25, -0.2) is 0 Å². The molecule has 0 amide bonds. The van der Waals surface area contributed by atoms with Gasteiger partial charge in [0.1, 0.15) is 0 Å². The summed E-state index contributed by atoms with van der Waals surface area (Å²) in [6.07, 6.45) is -4.07. The summed E-state index contributed by atoms with van der Waals surface area (Å²) in [6.45, 7) is 3.22. The van der Waals surface area contributed by atoms with E-state index in [1.165, 1.54) is 0 Å². The van der Waals surface area contributed by atoms with Crippen LogP contribution in [0.4, 0.5) is 13.2 Å². The quantitative estimate of drug-likeness (QED) is 0.727. The van der Waals surface area contributed by atoms with Crippen molar-refractivity contribution in [1.29, 1.82) is 0 Å². The van der Waals surface area contributed by atoms with Crippen molar-refractivity contribution in [2.24, 2.45) is 4.99 Å². The molecule has 0 radical (unpaired) electrons. The number of aliphatic imine (C=N–C) groups is 1. The van der Waals surface area contributed by atoms with E-state index in [0.717, 1.165) is 18.3 Å². The van der Waals surface area contributed by atoms with Gasteiger partial charge in [0.15, 0.2) is 5.96 Å². The summed E-state index contributed by atoms with van der Waals surface area (Å²) in [4.78, 5) is 4.13. The molecule has 0 aromatic carbocycles. The molecule has 0 aliphatic carbocycles. The van der Waals surface area contributed by atoms with Gasteiger partial charge in [-0.05, 0) is 6.92 Å². The standard InChI is InChI=1S/C8H14F3N3S/c1-6-4-13-7(14-6)12-2-3-15-5-8(9,10)11/h6H,2-5H2,1H3,(H2,12,13,14). The summed E-state index contributed by atoms with van der Waals surface area (Å²) < 4.78 is 35.3. The van der Waals surface area contributed by atoms with Crippen molar-refractivity contribution in [3.63, 3.8) is 0 Å². The third-order valence-corrected chi connectivity index (χ3v) is 2.74. The molecule has 88 valence electrons. The van der Waals surface area contributed by atoms with Gasteiger partial charge < -0.3 is 10.6 Å². The van der Waals surface area contributed by atoms with Crippen LogP contribution >= 0.6 is 11.8 Å². The number of nitrogens with one attached hydrogen (secondary N) is 2. The van der Waals surface area contributed by atoms with Crippen molar-refractivity contribution in [3.8, 4) is 0 Å². The first kappa shape index (κ1) is 12.5. The topological polar surface area (TPSA) is 36.4 Å². The lowest BCUT2D eigenvalue weighted by Gasteiger charge is -2.09. The third kappa shape index (κ3) is 5.76. The van der Waals surface area contributed by atoms with Crippen molar-refractivity contribution in [2.75, 3.05) is 24.6 Å². The van der Waals surface area contributed by atoms with E-state index >= 15 is 0 Å². The van der Waals surface area contributed by atoms with Crippen LogP contribution in [0.5, 0.6) is 0 Å². The van der Waals surface area contributed by atoms with Crippen LogP contribution in [0, 0.1) is 0 Å². The fourth-order valence-corrected chi connectivity index (χ4v) is 1.71. The zero-order chi connectivity index (χ0) is 11.3. The second kappa shape index (κ2) is 5.48. The number of nitrogens with zero attached hydrogens (tertiary/aromatic N) is 1. The molecule has 1 aliphatic heterocycles. The lowest BCUT2D eigenvalue weighted by Crippen LogP contribution is -2.38. The second-order valence-corrected chi connectivity index (χ2v) is 4.43.